The summed E-state index contributed by atoms with van der Waals surface area (Å²) in [5.41, 5.74) is -0.515. The summed E-state index contributed by atoms with van der Waals surface area (Å²) in [7, 11) is 0. The van der Waals surface area contributed by atoms with Gasteiger partial charge in [0.05, 0.1) is 19.8 Å². The van der Waals surface area contributed by atoms with Gasteiger partial charge < -0.3 is 28.4 Å². The maximum absolute atomic E-state index is 13.6. The molecule has 2 fully saturated rings. The zero-order valence-corrected chi connectivity index (χ0v) is 26.1. The number of carbonyl (C=O) groups is 3. The molecule has 0 radical (unpaired) electrons. The van der Waals surface area contributed by atoms with Gasteiger partial charge in [-0.1, -0.05) is 36.3 Å². The van der Waals surface area contributed by atoms with Crippen LogP contribution in [0, 0.1) is 0 Å². The number of benzene rings is 1. The average molecular weight is 590 g/mol. The molecule has 1 aromatic rings. The third-order valence-electron chi connectivity index (χ3n) is 6.64. The average Bonchev–Trinajstić information content (AvgIpc) is 2.93. The Morgan fingerprint density at radius 2 is 1.52 bits per heavy atom. The first-order chi connectivity index (χ1) is 19.7. The maximum Gasteiger partial charge on any atom is 0.420 e. The predicted octanol–water partition coefficient (Wildman–Crippen LogP) is 6.21. The number of nitrogens with zero attached hydrogens (tertiary/aromatic N) is 1. The summed E-state index contributed by atoms with van der Waals surface area (Å²) in [6, 6.07) is 7.77. The van der Waals surface area contributed by atoms with E-state index in [-0.39, 0.29) is 13.2 Å². The van der Waals surface area contributed by atoms with E-state index >= 15 is 0 Å². The molecule has 1 heterocycles. The van der Waals surface area contributed by atoms with E-state index in [4.69, 9.17) is 28.4 Å². The highest BCUT2D eigenvalue weighted by Crippen LogP contribution is 2.25. The first-order valence-electron chi connectivity index (χ1n) is 14.8. The largest absolute Gasteiger partial charge is 0.485 e. The highest BCUT2D eigenvalue weighted by molar-refractivity contribution is 5.94. The minimum Gasteiger partial charge on any atom is -0.485 e. The summed E-state index contributed by atoms with van der Waals surface area (Å²) >= 11 is 0. The molecule has 0 N–H and O–H groups in total. The topological polar surface area (TPSA) is 110 Å². The van der Waals surface area contributed by atoms with Crippen LogP contribution in [0.1, 0.15) is 80.6 Å². The molecule has 0 spiro atoms. The van der Waals surface area contributed by atoms with Gasteiger partial charge in [0.1, 0.15) is 29.2 Å². The van der Waals surface area contributed by atoms with Crippen LogP contribution in [0.4, 0.5) is 9.59 Å². The number of hydrogen-bond donors (Lipinski definition) is 0. The Morgan fingerprint density at radius 3 is 2.10 bits per heavy atom. The third kappa shape index (κ3) is 10.6. The van der Waals surface area contributed by atoms with Crippen LogP contribution in [-0.4, -0.2) is 78.4 Å². The van der Waals surface area contributed by atoms with Gasteiger partial charge >= 0.3 is 18.2 Å². The Kier molecular flexibility index (Phi) is 11.8. The molecule has 1 aliphatic heterocycles. The van der Waals surface area contributed by atoms with Crippen LogP contribution in [-0.2, 0) is 28.5 Å². The van der Waals surface area contributed by atoms with Gasteiger partial charge in [-0.3, -0.25) is 0 Å². The number of allylic oxidation sites excluding steroid dienone is 1. The number of hydrogen-bond acceptors (Lipinski definition) is 9. The first-order valence-corrected chi connectivity index (χ1v) is 14.8. The number of rotatable bonds is 6. The lowest BCUT2D eigenvalue weighted by Gasteiger charge is -2.32. The first kappa shape index (κ1) is 33.4. The molecule has 1 aromatic carbocycles. The van der Waals surface area contributed by atoms with Gasteiger partial charge in [0.25, 0.3) is 0 Å². The Morgan fingerprint density at radius 1 is 0.929 bits per heavy atom. The molecule has 1 saturated carbocycles. The minimum atomic E-state index is -1.46. The van der Waals surface area contributed by atoms with Gasteiger partial charge in [0.15, 0.2) is 12.1 Å². The van der Waals surface area contributed by atoms with Crippen molar-refractivity contribution in [2.45, 2.75) is 116 Å². The molecule has 1 aliphatic carbocycles. The lowest BCUT2D eigenvalue weighted by atomic mass is 9.95. The van der Waals surface area contributed by atoms with E-state index in [1.165, 1.54) is 24.8 Å². The summed E-state index contributed by atoms with van der Waals surface area (Å²) in [4.78, 5) is 40.7. The SMILES string of the molecule is CC1OC(=O)C(N(C(=O)OC(C)(C)C)C(=O)OC(C)(C)C)COCC(Oc2ccccc2)C1OCC=C1CCCCC1. The Labute approximate surface area is 249 Å². The molecule has 1 saturated heterocycles. The van der Waals surface area contributed by atoms with Gasteiger partial charge in [-0.2, -0.15) is 4.90 Å². The molecule has 42 heavy (non-hydrogen) atoms. The zero-order chi connectivity index (χ0) is 30.9. The van der Waals surface area contributed by atoms with Gasteiger partial charge in [-0.15, -0.1) is 0 Å². The van der Waals surface area contributed by atoms with Crippen LogP contribution in [0.15, 0.2) is 42.0 Å². The standard InChI is InChI=1S/C32H47NO9/c1-22-27(38-19-18-23-14-10-8-11-15-23)26(40-24-16-12-9-13-17-24)21-37-20-25(28(34)39-22)33(29(35)41-31(2,3)4)30(36)42-32(5,6)7/h9,12-13,16-18,22,25-27H,8,10-11,14-15,19-21H2,1-7H3. The normalized spacial score (nSPS) is 23.9. The lowest BCUT2D eigenvalue weighted by molar-refractivity contribution is -0.164. The number of amides is 2. The summed E-state index contributed by atoms with van der Waals surface area (Å²) < 4.78 is 35.3. The molecule has 4 atom stereocenters. The zero-order valence-electron chi connectivity index (χ0n) is 26.1. The number of ether oxygens (including phenoxy) is 6. The smallest absolute Gasteiger partial charge is 0.420 e. The third-order valence-corrected chi connectivity index (χ3v) is 6.64. The maximum atomic E-state index is 13.6. The molecule has 10 nitrogen and oxygen atoms in total. The number of esters is 1. The predicted molar refractivity (Wildman–Crippen MR) is 156 cm³/mol. The van der Waals surface area contributed by atoms with Crippen molar-refractivity contribution in [1.29, 1.82) is 0 Å². The van der Waals surface area contributed by atoms with Crippen molar-refractivity contribution in [3.8, 4) is 5.75 Å². The molecule has 2 aliphatic rings. The van der Waals surface area contributed by atoms with Gasteiger partial charge in [-0.05, 0) is 86.3 Å². The summed E-state index contributed by atoms with van der Waals surface area (Å²) in [5.74, 6) is -0.248. The van der Waals surface area contributed by atoms with Crippen LogP contribution in [0.25, 0.3) is 0 Å². The van der Waals surface area contributed by atoms with Crippen molar-refractivity contribution in [3.05, 3.63) is 42.0 Å². The molecule has 0 aromatic heterocycles. The number of imide groups is 1. The van der Waals surface area contributed by atoms with Gasteiger partial charge in [0, 0.05) is 0 Å². The van der Waals surface area contributed by atoms with E-state index < -0.39 is 53.7 Å². The molecule has 2 amide bonds. The van der Waals surface area contributed by atoms with E-state index in [9.17, 15) is 14.4 Å². The van der Waals surface area contributed by atoms with Crippen molar-refractivity contribution in [2.24, 2.45) is 0 Å². The highest BCUT2D eigenvalue weighted by Gasteiger charge is 2.44. The summed E-state index contributed by atoms with van der Waals surface area (Å²) in [5, 5.41) is 0. The second kappa shape index (κ2) is 14.9. The highest BCUT2D eigenvalue weighted by atomic mass is 16.6. The Bertz CT molecular complexity index is 1040. The Hall–Kier alpha value is -3.11. The monoisotopic (exact) mass is 589 g/mol. The molecule has 10 heteroatoms. The lowest BCUT2D eigenvalue weighted by Crippen LogP contribution is -2.54. The van der Waals surface area contributed by atoms with Crippen LogP contribution in [0.2, 0.25) is 0 Å². The van der Waals surface area contributed by atoms with Crippen LogP contribution in [0.3, 0.4) is 0 Å². The number of para-hydroxylation sites is 1. The minimum absolute atomic E-state index is 0.00406. The summed E-state index contributed by atoms with van der Waals surface area (Å²) in [6.45, 7) is 11.6. The van der Waals surface area contributed by atoms with E-state index in [0.717, 1.165) is 12.8 Å². The summed E-state index contributed by atoms with van der Waals surface area (Å²) in [6.07, 6.45) is 3.53. The van der Waals surface area contributed by atoms with Crippen molar-refractivity contribution in [1.82, 2.24) is 4.90 Å². The molecular weight excluding hydrogens is 542 g/mol. The van der Waals surface area contributed by atoms with E-state index in [2.05, 4.69) is 6.08 Å². The van der Waals surface area contributed by atoms with E-state index in [1.54, 1.807) is 48.5 Å². The van der Waals surface area contributed by atoms with Crippen molar-refractivity contribution >= 4 is 18.2 Å². The fourth-order valence-corrected chi connectivity index (χ4v) is 4.73. The second-order valence-corrected chi connectivity index (χ2v) is 12.7. The van der Waals surface area contributed by atoms with Crippen LogP contribution in [0.5, 0.6) is 5.75 Å². The quantitative estimate of drug-likeness (QED) is 0.217. The number of carbonyl (C=O) groups excluding carboxylic acids is 3. The second-order valence-electron chi connectivity index (χ2n) is 12.7. The fourth-order valence-electron chi connectivity index (χ4n) is 4.73. The molecular formula is C32H47NO9. The van der Waals surface area contributed by atoms with Gasteiger partial charge in [0.2, 0.25) is 0 Å². The van der Waals surface area contributed by atoms with Crippen molar-refractivity contribution in [2.75, 3.05) is 19.8 Å². The van der Waals surface area contributed by atoms with E-state index in [1.807, 2.05) is 30.3 Å². The van der Waals surface area contributed by atoms with Crippen LogP contribution < -0.4 is 4.74 Å². The molecule has 0 bridgehead atoms. The van der Waals surface area contributed by atoms with Crippen molar-refractivity contribution < 1.29 is 42.8 Å². The van der Waals surface area contributed by atoms with E-state index in [0.29, 0.717) is 17.3 Å². The fraction of sp³-hybridized carbons (Fsp3) is 0.656. The molecule has 234 valence electrons. The van der Waals surface area contributed by atoms with Gasteiger partial charge in [-0.25, -0.2) is 14.4 Å². The molecule has 3 rings (SSSR count). The molecule has 4 unspecified atom stereocenters. The Balaban J connectivity index is 1.88. The van der Waals surface area contributed by atoms with Crippen LogP contribution >= 0.6 is 0 Å². The van der Waals surface area contributed by atoms with Crippen molar-refractivity contribution in [3.63, 3.8) is 0 Å². The number of cyclic esters (lactones) is 1.